The quantitative estimate of drug-likeness (QED) is 0.871. The molecule has 0 aliphatic carbocycles. The molecule has 0 aromatic carbocycles. The smallest absolute Gasteiger partial charge is 0.319 e. The lowest BCUT2D eigenvalue weighted by Gasteiger charge is -2.41. The molecule has 0 bridgehead atoms. The molecule has 2 aliphatic heterocycles. The second-order valence-electron chi connectivity index (χ2n) is 7.30. The van der Waals surface area contributed by atoms with Crippen molar-refractivity contribution in [3.63, 3.8) is 0 Å². The van der Waals surface area contributed by atoms with E-state index in [4.69, 9.17) is 5.11 Å². The summed E-state index contributed by atoms with van der Waals surface area (Å²) >= 11 is 0. The number of hydrogen-bond acceptors (Lipinski definition) is 2. The van der Waals surface area contributed by atoms with Crippen molar-refractivity contribution in [2.75, 3.05) is 26.2 Å². The van der Waals surface area contributed by atoms with Crippen molar-refractivity contribution in [3.8, 4) is 0 Å². The van der Waals surface area contributed by atoms with Gasteiger partial charge in [0.1, 0.15) is 0 Å². The number of hydrogen-bond donors (Lipinski definition) is 1. The Morgan fingerprint density at radius 1 is 1.05 bits per heavy atom. The molecule has 2 rings (SSSR count). The largest absolute Gasteiger partial charge is 0.481 e. The van der Waals surface area contributed by atoms with Gasteiger partial charge in [-0.25, -0.2) is 4.79 Å². The van der Waals surface area contributed by atoms with Gasteiger partial charge in [-0.1, -0.05) is 13.8 Å². The molecule has 0 aromatic heterocycles. The first kappa shape index (κ1) is 16.1. The van der Waals surface area contributed by atoms with Crippen LogP contribution in [0.2, 0.25) is 0 Å². The molecule has 2 amide bonds. The van der Waals surface area contributed by atoms with Gasteiger partial charge in [-0.05, 0) is 43.4 Å². The van der Waals surface area contributed by atoms with Crippen LogP contribution in [0.4, 0.5) is 4.79 Å². The van der Waals surface area contributed by atoms with Crippen LogP contribution in [0.3, 0.4) is 0 Å². The van der Waals surface area contributed by atoms with E-state index in [0.717, 1.165) is 58.3 Å². The molecule has 0 unspecified atom stereocenters. The van der Waals surface area contributed by atoms with Gasteiger partial charge in [0.05, 0.1) is 0 Å². The molecule has 2 saturated heterocycles. The first-order chi connectivity index (χ1) is 9.87. The minimum atomic E-state index is -0.718. The van der Waals surface area contributed by atoms with Crippen molar-refractivity contribution < 1.29 is 14.7 Å². The Morgan fingerprint density at radius 2 is 1.57 bits per heavy atom. The summed E-state index contributed by atoms with van der Waals surface area (Å²) in [6.07, 6.45) is 5.04. The third kappa shape index (κ3) is 4.61. The Labute approximate surface area is 127 Å². The maximum atomic E-state index is 12.5. The summed E-state index contributed by atoms with van der Waals surface area (Å²) in [7, 11) is 0. The zero-order valence-electron chi connectivity index (χ0n) is 13.3. The molecule has 0 atom stereocenters. The van der Waals surface area contributed by atoms with E-state index >= 15 is 0 Å². The number of urea groups is 1. The molecule has 0 spiro atoms. The number of aliphatic carboxylic acids is 1. The van der Waals surface area contributed by atoms with E-state index < -0.39 is 5.97 Å². The Kier molecular flexibility index (Phi) is 5.12. The molecule has 2 aliphatic rings. The standard InChI is InChI=1S/C16H28N2O3/c1-16(2)7-11-18(12-8-16)15(21)17-9-5-13(6-10-17)3-4-14(19)20/h13H,3-12H2,1-2H3,(H,19,20). The molecule has 2 fully saturated rings. The third-order valence-electron chi connectivity index (χ3n) is 5.04. The topological polar surface area (TPSA) is 60.9 Å². The Morgan fingerprint density at radius 3 is 2.10 bits per heavy atom. The highest BCUT2D eigenvalue weighted by atomic mass is 16.4. The van der Waals surface area contributed by atoms with E-state index in [1.807, 2.05) is 9.80 Å². The van der Waals surface area contributed by atoms with Crippen LogP contribution in [0.1, 0.15) is 52.4 Å². The fourth-order valence-corrected chi connectivity index (χ4v) is 3.24. The highest BCUT2D eigenvalue weighted by Crippen LogP contribution is 2.30. The highest BCUT2D eigenvalue weighted by Gasteiger charge is 2.31. The number of likely N-dealkylation sites (tertiary alicyclic amines) is 2. The van der Waals surface area contributed by atoms with E-state index in [1.54, 1.807) is 0 Å². The molecule has 0 saturated carbocycles. The molecule has 5 heteroatoms. The van der Waals surface area contributed by atoms with Crippen LogP contribution >= 0.6 is 0 Å². The number of carboxylic acid groups (broad SMARTS) is 1. The minimum absolute atomic E-state index is 0.183. The van der Waals surface area contributed by atoms with Crippen LogP contribution in [0, 0.1) is 11.3 Å². The summed E-state index contributed by atoms with van der Waals surface area (Å²) in [6, 6.07) is 0.183. The maximum absolute atomic E-state index is 12.5. The first-order valence-corrected chi connectivity index (χ1v) is 8.13. The summed E-state index contributed by atoms with van der Waals surface area (Å²) in [4.78, 5) is 27.0. The number of carbonyl (C=O) groups excluding carboxylic acids is 1. The summed E-state index contributed by atoms with van der Waals surface area (Å²) < 4.78 is 0. The second kappa shape index (κ2) is 6.67. The van der Waals surface area contributed by atoms with Crippen LogP contribution in [-0.2, 0) is 4.79 Å². The van der Waals surface area contributed by atoms with Gasteiger partial charge in [0, 0.05) is 32.6 Å². The number of nitrogens with zero attached hydrogens (tertiary/aromatic N) is 2. The van der Waals surface area contributed by atoms with E-state index in [0.29, 0.717) is 11.3 Å². The summed E-state index contributed by atoms with van der Waals surface area (Å²) in [5.74, 6) is -0.255. The molecule has 0 aromatic rings. The van der Waals surface area contributed by atoms with E-state index in [1.165, 1.54) is 0 Å². The molecular formula is C16H28N2O3. The molecule has 0 radical (unpaired) electrons. The van der Waals surface area contributed by atoms with Crippen LogP contribution < -0.4 is 0 Å². The highest BCUT2D eigenvalue weighted by molar-refractivity contribution is 5.74. The Bertz CT molecular complexity index is 377. The van der Waals surface area contributed by atoms with Gasteiger partial charge in [-0.15, -0.1) is 0 Å². The van der Waals surface area contributed by atoms with E-state index in [9.17, 15) is 9.59 Å². The van der Waals surface area contributed by atoms with E-state index in [-0.39, 0.29) is 12.5 Å². The zero-order chi connectivity index (χ0) is 15.5. The Hall–Kier alpha value is -1.26. The number of piperidine rings is 2. The molecular weight excluding hydrogens is 268 g/mol. The lowest BCUT2D eigenvalue weighted by molar-refractivity contribution is -0.137. The van der Waals surface area contributed by atoms with Crippen LogP contribution in [-0.4, -0.2) is 53.1 Å². The van der Waals surface area contributed by atoms with Crippen molar-refractivity contribution in [2.24, 2.45) is 11.3 Å². The summed E-state index contributed by atoms with van der Waals surface area (Å²) in [6.45, 7) is 7.83. The fourth-order valence-electron chi connectivity index (χ4n) is 3.24. The van der Waals surface area contributed by atoms with Gasteiger partial charge in [-0.3, -0.25) is 4.79 Å². The molecule has 1 N–H and O–H groups in total. The van der Waals surface area contributed by atoms with Gasteiger partial charge in [0.2, 0.25) is 0 Å². The average Bonchev–Trinajstić information content (AvgIpc) is 2.45. The number of carboxylic acids is 1. The number of amides is 2. The summed E-state index contributed by atoms with van der Waals surface area (Å²) in [5, 5.41) is 8.73. The van der Waals surface area contributed by atoms with Gasteiger partial charge >= 0.3 is 12.0 Å². The lowest BCUT2D eigenvalue weighted by atomic mass is 9.83. The molecule has 120 valence electrons. The Balaban J connectivity index is 1.74. The minimum Gasteiger partial charge on any atom is -0.481 e. The predicted molar refractivity (Wildman–Crippen MR) is 81.2 cm³/mol. The van der Waals surface area contributed by atoms with Gasteiger partial charge in [0.15, 0.2) is 0 Å². The monoisotopic (exact) mass is 296 g/mol. The van der Waals surface area contributed by atoms with E-state index in [2.05, 4.69) is 13.8 Å². The second-order valence-corrected chi connectivity index (χ2v) is 7.30. The van der Waals surface area contributed by atoms with Gasteiger partial charge in [0.25, 0.3) is 0 Å². The average molecular weight is 296 g/mol. The van der Waals surface area contributed by atoms with Crippen LogP contribution in [0.25, 0.3) is 0 Å². The van der Waals surface area contributed by atoms with Crippen molar-refractivity contribution in [2.45, 2.75) is 52.4 Å². The zero-order valence-corrected chi connectivity index (χ0v) is 13.3. The normalized spacial score (nSPS) is 23.1. The molecule has 5 nitrogen and oxygen atoms in total. The fraction of sp³-hybridized carbons (Fsp3) is 0.875. The van der Waals surface area contributed by atoms with Crippen LogP contribution in [0.5, 0.6) is 0 Å². The van der Waals surface area contributed by atoms with Crippen molar-refractivity contribution in [1.29, 1.82) is 0 Å². The predicted octanol–water partition coefficient (Wildman–Crippen LogP) is 2.81. The van der Waals surface area contributed by atoms with Gasteiger partial charge in [-0.2, -0.15) is 0 Å². The molecule has 21 heavy (non-hydrogen) atoms. The third-order valence-corrected chi connectivity index (χ3v) is 5.04. The number of carbonyl (C=O) groups is 2. The maximum Gasteiger partial charge on any atom is 0.319 e. The van der Waals surface area contributed by atoms with Crippen molar-refractivity contribution in [1.82, 2.24) is 9.80 Å². The summed E-state index contributed by atoms with van der Waals surface area (Å²) in [5.41, 5.74) is 0.362. The SMILES string of the molecule is CC1(C)CCN(C(=O)N2CCC(CCC(=O)O)CC2)CC1. The van der Waals surface area contributed by atoms with Crippen LogP contribution in [0.15, 0.2) is 0 Å². The lowest BCUT2D eigenvalue weighted by Crippen LogP contribution is -2.50. The number of rotatable bonds is 3. The first-order valence-electron chi connectivity index (χ1n) is 8.13. The van der Waals surface area contributed by atoms with Gasteiger partial charge < -0.3 is 14.9 Å². The molecule has 2 heterocycles. The van der Waals surface area contributed by atoms with Crippen molar-refractivity contribution in [3.05, 3.63) is 0 Å². The van der Waals surface area contributed by atoms with Crippen molar-refractivity contribution >= 4 is 12.0 Å².